The van der Waals surface area contributed by atoms with Crippen LogP contribution in [-0.2, 0) is 4.79 Å². The number of primary amides is 1. The van der Waals surface area contributed by atoms with E-state index < -0.39 is 11.4 Å². The second kappa shape index (κ2) is 5.94. The van der Waals surface area contributed by atoms with Crippen molar-refractivity contribution >= 4 is 11.8 Å². The summed E-state index contributed by atoms with van der Waals surface area (Å²) in [5.41, 5.74) is 4.89. The van der Waals surface area contributed by atoms with Crippen LogP contribution in [0.2, 0.25) is 0 Å². The minimum Gasteiger partial charge on any atom is -0.508 e. The number of nitrogens with one attached hydrogen (secondary N) is 1. The van der Waals surface area contributed by atoms with E-state index in [1.165, 1.54) is 12.1 Å². The van der Waals surface area contributed by atoms with Gasteiger partial charge in [-0.3, -0.25) is 9.59 Å². The monoisotopic (exact) mass is 276 g/mol. The van der Waals surface area contributed by atoms with Crippen LogP contribution in [0.1, 0.15) is 48.9 Å². The molecule has 2 rings (SSSR count). The zero-order valence-electron chi connectivity index (χ0n) is 11.4. The molecule has 0 aliphatic heterocycles. The molecule has 108 valence electrons. The minimum atomic E-state index is -0.959. The predicted molar refractivity (Wildman–Crippen MR) is 75.2 cm³/mol. The predicted octanol–water partition coefficient (Wildman–Crippen LogP) is 1.70. The fourth-order valence-electron chi connectivity index (χ4n) is 2.70. The lowest BCUT2D eigenvalue weighted by Crippen LogP contribution is -2.57. The number of amides is 2. The van der Waals surface area contributed by atoms with Crippen molar-refractivity contribution in [3.05, 3.63) is 29.8 Å². The molecule has 1 fully saturated rings. The third-order valence-corrected chi connectivity index (χ3v) is 3.89. The molecule has 0 atom stereocenters. The standard InChI is InChI=1S/C15H20N2O3/c16-14(20)15(8-3-1-2-4-9-15)17-13(19)11-6-5-7-12(18)10-11/h5-7,10,18H,1-4,8-9H2,(H2,16,20)(H,17,19). The summed E-state index contributed by atoms with van der Waals surface area (Å²) >= 11 is 0. The second-order valence-electron chi connectivity index (χ2n) is 5.37. The fourth-order valence-corrected chi connectivity index (χ4v) is 2.70. The topological polar surface area (TPSA) is 92.4 Å². The summed E-state index contributed by atoms with van der Waals surface area (Å²) in [4.78, 5) is 24.1. The molecule has 0 radical (unpaired) electrons. The van der Waals surface area contributed by atoms with Crippen LogP contribution >= 0.6 is 0 Å². The first kappa shape index (κ1) is 14.4. The van der Waals surface area contributed by atoms with Gasteiger partial charge in [0.15, 0.2) is 0 Å². The number of hydrogen-bond donors (Lipinski definition) is 3. The Morgan fingerprint density at radius 2 is 1.80 bits per heavy atom. The third-order valence-electron chi connectivity index (χ3n) is 3.89. The Bertz CT molecular complexity index is 506. The summed E-state index contributed by atoms with van der Waals surface area (Å²) in [6.45, 7) is 0. The fraction of sp³-hybridized carbons (Fsp3) is 0.467. The Kier molecular flexibility index (Phi) is 4.27. The van der Waals surface area contributed by atoms with Gasteiger partial charge in [0.05, 0.1) is 0 Å². The number of hydrogen-bond acceptors (Lipinski definition) is 3. The van der Waals surface area contributed by atoms with Gasteiger partial charge in [-0.15, -0.1) is 0 Å². The number of phenols is 1. The molecule has 4 N–H and O–H groups in total. The van der Waals surface area contributed by atoms with Gasteiger partial charge in [-0.25, -0.2) is 0 Å². The van der Waals surface area contributed by atoms with Crippen LogP contribution < -0.4 is 11.1 Å². The van der Waals surface area contributed by atoms with Crippen LogP contribution in [0.4, 0.5) is 0 Å². The molecule has 1 aliphatic rings. The van der Waals surface area contributed by atoms with Crippen molar-refractivity contribution < 1.29 is 14.7 Å². The first-order valence-electron chi connectivity index (χ1n) is 6.95. The molecule has 20 heavy (non-hydrogen) atoms. The normalized spacial score (nSPS) is 18.0. The van der Waals surface area contributed by atoms with E-state index in [4.69, 9.17) is 5.73 Å². The lowest BCUT2D eigenvalue weighted by atomic mass is 9.89. The molecule has 2 amide bonds. The van der Waals surface area contributed by atoms with Crippen molar-refractivity contribution in [2.45, 2.75) is 44.1 Å². The van der Waals surface area contributed by atoms with Gasteiger partial charge in [0.25, 0.3) is 5.91 Å². The van der Waals surface area contributed by atoms with Crippen molar-refractivity contribution in [3.63, 3.8) is 0 Å². The second-order valence-corrected chi connectivity index (χ2v) is 5.37. The van der Waals surface area contributed by atoms with Gasteiger partial charge in [-0.2, -0.15) is 0 Å². The van der Waals surface area contributed by atoms with Crippen molar-refractivity contribution in [1.82, 2.24) is 5.32 Å². The molecule has 0 aromatic heterocycles. The average molecular weight is 276 g/mol. The molecule has 1 saturated carbocycles. The largest absolute Gasteiger partial charge is 0.508 e. The molecule has 0 heterocycles. The van der Waals surface area contributed by atoms with Crippen LogP contribution in [0.3, 0.4) is 0 Å². The van der Waals surface area contributed by atoms with E-state index in [0.717, 1.165) is 25.7 Å². The van der Waals surface area contributed by atoms with Gasteiger partial charge < -0.3 is 16.2 Å². The highest BCUT2D eigenvalue weighted by atomic mass is 16.3. The van der Waals surface area contributed by atoms with Crippen LogP contribution in [-0.4, -0.2) is 22.5 Å². The molecule has 5 heteroatoms. The number of phenolic OH excluding ortho intramolecular Hbond substituents is 1. The van der Waals surface area contributed by atoms with Crippen molar-refractivity contribution in [2.75, 3.05) is 0 Å². The Hall–Kier alpha value is -2.04. The van der Waals surface area contributed by atoms with Gasteiger partial charge >= 0.3 is 0 Å². The van der Waals surface area contributed by atoms with Gasteiger partial charge in [0.2, 0.25) is 5.91 Å². The first-order chi connectivity index (χ1) is 9.53. The zero-order chi connectivity index (χ0) is 14.6. The maximum Gasteiger partial charge on any atom is 0.252 e. The molecule has 1 aromatic carbocycles. The summed E-state index contributed by atoms with van der Waals surface area (Å²) < 4.78 is 0. The first-order valence-corrected chi connectivity index (χ1v) is 6.95. The Balaban J connectivity index is 2.19. The Labute approximate surface area is 118 Å². The van der Waals surface area contributed by atoms with Gasteiger partial charge in [-0.1, -0.05) is 31.7 Å². The quantitative estimate of drug-likeness (QED) is 0.734. The average Bonchev–Trinajstić information content (AvgIpc) is 2.65. The SMILES string of the molecule is NC(=O)C1(NC(=O)c2cccc(O)c2)CCCCCC1. The molecule has 0 unspecified atom stereocenters. The Morgan fingerprint density at radius 1 is 1.15 bits per heavy atom. The molecule has 1 aliphatic carbocycles. The van der Waals surface area contributed by atoms with E-state index in [1.54, 1.807) is 12.1 Å². The van der Waals surface area contributed by atoms with E-state index in [-0.39, 0.29) is 11.7 Å². The number of carbonyl (C=O) groups is 2. The zero-order valence-corrected chi connectivity index (χ0v) is 11.4. The van der Waals surface area contributed by atoms with Crippen LogP contribution in [0.5, 0.6) is 5.75 Å². The van der Waals surface area contributed by atoms with E-state index in [0.29, 0.717) is 18.4 Å². The van der Waals surface area contributed by atoms with Gasteiger partial charge in [0.1, 0.15) is 11.3 Å². The number of benzene rings is 1. The van der Waals surface area contributed by atoms with Crippen molar-refractivity contribution in [2.24, 2.45) is 5.73 Å². The minimum absolute atomic E-state index is 0.0200. The summed E-state index contributed by atoms with van der Waals surface area (Å²) in [6.07, 6.45) is 5.01. The molecule has 1 aromatic rings. The molecule has 0 bridgehead atoms. The van der Waals surface area contributed by atoms with Crippen molar-refractivity contribution in [1.29, 1.82) is 0 Å². The summed E-state index contributed by atoms with van der Waals surface area (Å²) in [6, 6.07) is 6.06. The molecular weight excluding hydrogens is 256 g/mol. The highest BCUT2D eigenvalue weighted by Gasteiger charge is 2.38. The lowest BCUT2D eigenvalue weighted by molar-refractivity contribution is -0.124. The summed E-state index contributed by atoms with van der Waals surface area (Å²) in [5, 5.41) is 12.2. The molecule has 0 saturated heterocycles. The summed E-state index contributed by atoms with van der Waals surface area (Å²) in [5.74, 6) is -0.832. The maximum atomic E-state index is 12.3. The lowest BCUT2D eigenvalue weighted by Gasteiger charge is -2.30. The number of aromatic hydroxyl groups is 1. The molecular formula is C15H20N2O3. The van der Waals surface area contributed by atoms with E-state index in [9.17, 15) is 14.7 Å². The van der Waals surface area contributed by atoms with E-state index >= 15 is 0 Å². The van der Waals surface area contributed by atoms with E-state index in [1.807, 2.05) is 0 Å². The molecule has 5 nitrogen and oxygen atoms in total. The van der Waals surface area contributed by atoms with Gasteiger partial charge in [0, 0.05) is 5.56 Å². The summed E-state index contributed by atoms with van der Waals surface area (Å²) in [7, 11) is 0. The number of carbonyl (C=O) groups excluding carboxylic acids is 2. The Morgan fingerprint density at radius 3 is 2.35 bits per heavy atom. The van der Waals surface area contributed by atoms with Crippen LogP contribution in [0.25, 0.3) is 0 Å². The highest BCUT2D eigenvalue weighted by molar-refractivity contribution is 5.99. The van der Waals surface area contributed by atoms with Crippen molar-refractivity contribution in [3.8, 4) is 5.75 Å². The van der Waals surface area contributed by atoms with Crippen LogP contribution in [0.15, 0.2) is 24.3 Å². The molecule has 0 spiro atoms. The maximum absolute atomic E-state index is 12.3. The van der Waals surface area contributed by atoms with Gasteiger partial charge in [-0.05, 0) is 31.0 Å². The van der Waals surface area contributed by atoms with E-state index in [2.05, 4.69) is 5.32 Å². The number of rotatable bonds is 3. The van der Waals surface area contributed by atoms with Crippen LogP contribution in [0, 0.1) is 0 Å². The highest BCUT2D eigenvalue weighted by Crippen LogP contribution is 2.27. The third kappa shape index (κ3) is 3.10. The number of nitrogens with two attached hydrogens (primary N) is 1. The smallest absolute Gasteiger partial charge is 0.252 e.